The average molecular weight is 459 g/mol. The van der Waals surface area contributed by atoms with E-state index in [0.717, 1.165) is 11.1 Å². The molecule has 0 aliphatic carbocycles. The molecule has 0 spiro atoms. The third-order valence-electron chi connectivity index (χ3n) is 5.02. The third kappa shape index (κ3) is 4.88. The summed E-state index contributed by atoms with van der Waals surface area (Å²) in [6.45, 7) is 0. The second kappa shape index (κ2) is 10.0. The molecule has 0 saturated carbocycles. The smallest absolute Gasteiger partial charge is 0.259 e. The Morgan fingerprint density at radius 1 is 0.788 bits per heavy atom. The lowest BCUT2D eigenvalue weighted by molar-refractivity contribution is 0.102. The zero-order chi connectivity index (χ0) is 23.2. The molecule has 0 fully saturated rings. The van der Waals surface area contributed by atoms with Gasteiger partial charge in [0.1, 0.15) is 16.5 Å². The highest BCUT2D eigenvalue weighted by Crippen LogP contribution is 2.37. The number of nitrogens with one attached hydrogen (secondary N) is 2. The number of hydrogen-bond donors (Lipinski definition) is 2. The molecule has 0 aliphatic rings. The Labute approximate surface area is 195 Å². The van der Waals surface area contributed by atoms with Crippen LogP contribution in [0.5, 0.6) is 11.5 Å². The van der Waals surface area contributed by atoms with Crippen molar-refractivity contribution in [2.24, 2.45) is 0 Å². The first kappa shape index (κ1) is 22.1. The maximum Gasteiger partial charge on any atom is 0.259 e. The van der Waals surface area contributed by atoms with Crippen LogP contribution in [0.4, 0.5) is 10.7 Å². The van der Waals surface area contributed by atoms with E-state index in [-0.39, 0.29) is 11.8 Å². The van der Waals surface area contributed by atoms with Gasteiger partial charge in [-0.25, -0.2) is 0 Å². The molecule has 4 aromatic rings. The van der Waals surface area contributed by atoms with Crippen molar-refractivity contribution < 1.29 is 19.1 Å². The van der Waals surface area contributed by atoms with E-state index in [2.05, 4.69) is 10.6 Å². The van der Waals surface area contributed by atoms with Gasteiger partial charge in [-0.05, 0) is 29.8 Å². The molecule has 0 bridgehead atoms. The van der Waals surface area contributed by atoms with Crippen LogP contribution in [-0.4, -0.2) is 26.0 Å². The van der Waals surface area contributed by atoms with Crippen LogP contribution in [-0.2, 0) is 0 Å². The number of carbonyl (C=O) groups excluding carboxylic acids is 2. The van der Waals surface area contributed by atoms with Crippen LogP contribution >= 0.6 is 11.3 Å². The number of benzene rings is 3. The maximum atomic E-state index is 13.5. The SMILES string of the molecule is COc1ccc(NC(=O)c2c(-c3ccccc3)csc2NC(=O)c2ccccc2)c(OC)c1. The van der Waals surface area contributed by atoms with E-state index in [0.29, 0.717) is 33.3 Å². The van der Waals surface area contributed by atoms with Gasteiger partial charge >= 0.3 is 0 Å². The summed E-state index contributed by atoms with van der Waals surface area (Å²) in [5.41, 5.74) is 2.99. The minimum Gasteiger partial charge on any atom is -0.497 e. The number of rotatable bonds is 7. The molecule has 6 nitrogen and oxygen atoms in total. The highest BCUT2D eigenvalue weighted by molar-refractivity contribution is 7.15. The molecule has 2 N–H and O–H groups in total. The lowest BCUT2D eigenvalue weighted by Crippen LogP contribution is -2.17. The van der Waals surface area contributed by atoms with Crippen molar-refractivity contribution in [1.29, 1.82) is 0 Å². The van der Waals surface area contributed by atoms with Gasteiger partial charge in [0.25, 0.3) is 11.8 Å². The Hall–Kier alpha value is -4.10. The first-order valence-electron chi connectivity index (χ1n) is 10.2. The van der Waals surface area contributed by atoms with Crippen LogP contribution in [0.2, 0.25) is 0 Å². The minimum atomic E-state index is -0.359. The zero-order valence-electron chi connectivity index (χ0n) is 18.1. The van der Waals surface area contributed by atoms with Crippen LogP contribution in [0.25, 0.3) is 11.1 Å². The van der Waals surface area contributed by atoms with Gasteiger partial charge in [-0.3, -0.25) is 9.59 Å². The first-order chi connectivity index (χ1) is 16.1. The summed E-state index contributed by atoms with van der Waals surface area (Å²) < 4.78 is 10.6. The van der Waals surface area contributed by atoms with E-state index in [9.17, 15) is 9.59 Å². The number of thiophene rings is 1. The molecule has 166 valence electrons. The summed E-state index contributed by atoms with van der Waals surface area (Å²) in [7, 11) is 3.09. The monoisotopic (exact) mass is 458 g/mol. The number of methoxy groups -OCH3 is 2. The molecule has 1 heterocycles. The second-order valence-corrected chi connectivity index (χ2v) is 7.94. The topological polar surface area (TPSA) is 76.7 Å². The summed E-state index contributed by atoms with van der Waals surface area (Å²) in [6.07, 6.45) is 0. The summed E-state index contributed by atoms with van der Waals surface area (Å²) in [6, 6.07) is 23.6. The standard InChI is InChI=1S/C26H22N2O4S/c1-31-19-13-14-21(22(15-19)32-2)27-25(30)23-20(17-9-5-3-6-10-17)16-33-26(23)28-24(29)18-11-7-4-8-12-18/h3-16H,1-2H3,(H,27,30)(H,28,29). The fraction of sp³-hybridized carbons (Fsp3) is 0.0769. The molecule has 0 aliphatic heterocycles. The fourth-order valence-corrected chi connectivity index (χ4v) is 4.32. The van der Waals surface area contributed by atoms with E-state index in [1.165, 1.54) is 18.4 Å². The minimum absolute atomic E-state index is 0.284. The molecule has 7 heteroatoms. The summed E-state index contributed by atoms with van der Waals surface area (Å²) in [4.78, 5) is 26.3. The van der Waals surface area contributed by atoms with Gasteiger partial charge < -0.3 is 20.1 Å². The Kier molecular flexibility index (Phi) is 6.71. The van der Waals surface area contributed by atoms with E-state index in [4.69, 9.17) is 9.47 Å². The van der Waals surface area contributed by atoms with Crippen molar-refractivity contribution in [3.63, 3.8) is 0 Å². The summed E-state index contributed by atoms with van der Waals surface area (Å²) in [5.74, 6) is 0.435. The van der Waals surface area contributed by atoms with Crippen molar-refractivity contribution in [1.82, 2.24) is 0 Å². The molecule has 2 amide bonds. The van der Waals surface area contributed by atoms with Gasteiger partial charge in [-0.1, -0.05) is 48.5 Å². The number of anilines is 2. The Morgan fingerprint density at radius 2 is 1.48 bits per heavy atom. The van der Waals surface area contributed by atoms with Crippen LogP contribution in [0.15, 0.2) is 84.2 Å². The Balaban J connectivity index is 1.71. The zero-order valence-corrected chi connectivity index (χ0v) is 18.9. The summed E-state index contributed by atoms with van der Waals surface area (Å²) in [5, 5.41) is 8.15. The molecule has 0 radical (unpaired) electrons. The molecule has 3 aromatic carbocycles. The molecule has 0 unspecified atom stereocenters. The number of hydrogen-bond acceptors (Lipinski definition) is 5. The van der Waals surface area contributed by atoms with Crippen LogP contribution in [0, 0.1) is 0 Å². The van der Waals surface area contributed by atoms with Gasteiger partial charge in [-0.15, -0.1) is 11.3 Å². The normalized spacial score (nSPS) is 10.4. The Morgan fingerprint density at radius 3 is 2.15 bits per heavy atom. The van der Waals surface area contributed by atoms with Gasteiger partial charge in [0.05, 0.1) is 25.5 Å². The molecular weight excluding hydrogens is 436 g/mol. The van der Waals surface area contributed by atoms with Crippen molar-refractivity contribution in [3.8, 4) is 22.6 Å². The van der Waals surface area contributed by atoms with Gasteiger partial charge in [0.15, 0.2) is 0 Å². The van der Waals surface area contributed by atoms with E-state index >= 15 is 0 Å². The second-order valence-electron chi connectivity index (χ2n) is 7.06. The fourth-order valence-electron chi connectivity index (χ4n) is 3.36. The van der Waals surface area contributed by atoms with Gasteiger partial charge in [0, 0.05) is 22.6 Å². The highest BCUT2D eigenvalue weighted by atomic mass is 32.1. The van der Waals surface area contributed by atoms with Crippen molar-refractivity contribution in [2.45, 2.75) is 0 Å². The first-order valence-corrected chi connectivity index (χ1v) is 11.1. The third-order valence-corrected chi connectivity index (χ3v) is 5.92. The van der Waals surface area contributed by atoms with E-state index < -0.39 is 0 Å². The van der Waals surface area contributed by atoms with Crippen LogP contribution in [0.3, 0.4) is 0 Å². The van der Waals surface area contributed by atoms with E-state index in [1.807, 2.05) is 41.8 Å². The maximum absolute atomic E-state index is 13.5. The van der Waals surface area contributed by atoms with Gasteiger partial charge in [0.2, 0.25) is 0 Å². The Bertz CT molecular complexity index is 1270. The quantitative estimate of drug-likeness (QED) is 0.359. The van der Waals surface area contributed by atoms with E-state index in [1.54, 1.807) is 49.6 Å². The molecule has 33 heavy (non-hydrogen) atoms. The summed E-state index contributed by atoms with van der Waals surface area (Å²) >= 11 is 1.30. The lowest BCUT2D eigenvalue weighted by atomic mass is 10.0. The lowest BCUT2D eigenvalue weighted by Gasteiger charge is -2.13. The molecule has 4 rings (SSSR count). The van der Waals surface area contributed by atoms with Crippen molar-refractivity contribution in [2.75, 3.05) is 24.9 Å². The molecule has 1 aromatic heterocycles. The largest absolute Gasteiger partial charge is 0.497 e. The number of amides is 2. The average Bonchev–Trinajstić information content (AvgIpc) is 3.28. The highest BCUT2D eigenvalue weighted by Gasteiger charge is 2.23. The van der Waals surface area contributed by atoms with Crippen LogP contribution in [0.1, 0.15) is 20.7 Å². The predicted molar refractivity (Wildman–Crippen MR) is 132 cm³/mol. The van der Waals surface area contributed by atoms with Crippen molar-refractivity contribution in [3.05, 3.63) is 95.4 Å². The predicted octanol–water partition coefficient (Wildman–Crippen LogP) is 5.94. The molecular formula is C26H22N2O4S. The van der Waals surface area contributed by atoms with Gasteiger partial charge in [-0.2, -0.15) is 0 Å². The number of ether oxygens (including phenoxy) is 2. The van der Waals surface area contributed by atoms with Crippen molar-refractivity contribution >= 4 is 33.8 Å². The number of carbonyl (C=O) groups is 2. The molecule has 0 saturated heterocycles. The van der Waals surface area contributed by atoms with Crippen LogP contribution < -0.4 is 20.1 Å². The molecule has 0 atom stereocenters.